The van der Waals surface area contributed by atoms with Crippen LogP contribution < -0.4 is 5.32 Å². The lowest BCUT2D eigenvalue weighted by Crippen LogP contribution is -2.28. The fraction of sp³-hybridized carbons (Fsp3) is 0.235. The number of carbonyl (C=O) groups excluding carboxylic acids is 2. The fourth-order valence-electron chi connectivity index (χ4n) is 2.61. The van der Waals surface area contributed by atoms with Gasteiger partial charge in [0.05, 0.1) is 28.9 Å². The number of amides is 2. The van der Waals surface area contributed by atoms with E-state index in [1.807, 2.05) is 18.2 Å². The van der Waals surface area contributed by atoms with Gasteiger partial charge in [-0.05, 0) is 30.3 Å². The summed E-state index contributed by atoms with van der Waals surface area (Å²) in [6.07, 6.45) is 1.89. The van der Waals surface area contributed by atoms with Crippen molar-refractivity contribution in [2.75, 3.05) is 11.9 Å². The first-order chi connectivity index (χ1) is 11.5. The lowest BCUT2D eigenvalue weighted by molar-refractivity contribution is -0.128. The molecule has 0 saturated carbocycles. The summed E-state index contributed by atoms with van der Waals surface area (Å²) in [4.78, 5) is 30.4. The number of pyridine rings is 1. The number of aromatic nitrogens is 1. The molecule has 24 heavy (non-hydrogen) atoms. The Morgan fingerprint density at radius 3 is 2.92 bits per heavy atom. The summed E-state index contributed by atoms with van der Waals surface area (Å²) in [5.41, 5.74) is 1.35. The number of nitrogens with one attached hydrogen (secondary N) is 1. The van der Waals surface area contributed by atoms with E-state index in [9.17, 15) is 9.59 Å². The first-order valence-electron chi connectivity index (χ1n) is 7.46. The number of anilines is 1. The van der Waals surface area contributed by atoms with E-state index in [2.05, 4.69) is 26.2 Å². The van der Waals surface area contributed by atoms with E-state index in [0.717, 1.165) is 10.2 Å². The van der Waals surface area contributed by atoms with Gasteiger partial charge in [0, 0.05) is 23.6 Å². The number of nitrogens with zero attached hydrogens (tertiary/aromatic N) is 2. The van der Waals surface area contributed by atoms with Crippen LogP contribution in [0.1, 0.15) is 12.1 Å². The highest BCUT2D eigenvalue weighted by Gasteiger charge is 2.34. The lowest BCUT2D eigenvalue weighted by Gasteiger charge is -2.16. The van der Waals surface area contributed by atoms with Gasteiger partial charge in [-0.15, -0.1) is 0 Å². The zero-order chi connectivity index (χ0) is 17.1. The summed E-state index contributed by atoms with van der Waals surface area (Å²) in [6, 6.07) is 10.8. The van der Waals surface area contributed by atoms with Crippen molar-refractivity contribution in [2.45, 2.75) is 13.0 Å². The van der Waals surface area contributed by atoms with Crippen LogP contribution in [-0.2, 0) is 16.1 Å². The fourth-order valence-corrected chi connectivity index (χ4v) is 3.33. The summed E-state index contributed by atoms with van der Waals surface area (Å²) < 4.78 is 0.836. The largest absolute Gasteiger partial charge is 0.336 e. The Kier molecular flexibility index (Phi) is 5.16. The van der Waals surface area contributed by atoms with Gasteiger partial charge in [-0.2, -0.15) is 0 Å². The Morgan fingerprint density at radius 1 is 1.38 bits per heavy atom. The van der Waals surface area contributed by atoms with Crippen LogP contribution in [0.5, 0.6) is 0 Å². The Hall–Kier alpha value is -1.92. The topological polar surface area (TPSA) is 62.3 Å². The molecule has 7 heteroatoms. The molecule has 0 radical (unpaired) electrons. The monoisotopic (exact) mass is 407 g/mol. The van der Waals surface area contributed by atoms with Gasteiger partial charge >= 0.3 is 0 Å². The molecule has 1 aliphatic rings. The van der Waals surface area contributed by atoms with E-state index in [1.165, 1.54) is 0 Å². The van der Waals surface area contributed by atoms with Crippen LogP contribution in [-0.4, -0.2) is 28.2 Å². The third-order valence-electron chi connectivity index (χ3n) is 3.85. The van der Waals surface area contributed by atoms with Gasteiger partial charge in [-0.1, -0.05) is 33.6 Å². The van der Waals surface area contributed by atoms with Crippen molar-refractivity contribution in [3.8, 4) is 0 Å². The van der Waals surface area contributed by atoms with E-state index < -0.39 is 0 Å². The second-order valence-corrected chi connectivity index (χ2v) is 6.93. The SMILES string of the molecule is O=C(Nc1ccc(Br)cc1Cl)C1CC(=O)N(Cc2ccccn2)C1. The van der Waals surface area contributed by atoms with Gasteiger partial charge < -0.3 is 10.2 Å². The molecular formula is C17H15BrClN3O2. The minimum atomic E-state index is -0.388. The molecule has 1 saturated heterocycles. The molecule has 5 nitrogen and oxygen atoms in total. The second-order valence-electron chi connectivity index (χ2n) is 5.61. The standard InChI is InChI=1S/C17H15BrClN3O2/c18-12-4-5-15(14(19)8-12)21-17(24)11-7-16(23)22(9-11)10-13-3-1-2-6-20-13/h1-6,8,11H,7,9-10H2,(H,21,24). The van der Waals surface area contributed by atoms with Crippen LogP contribution in [0.25, 0.3) is 0 Å². The van der Waals surface area contributed by atoms with E-state index in [0.29, 0.717) is 23.8 Å². The maximum atomic E-state index is 12.4. The quantitative estimate of drug-likeness (QED) is 0.842. The summed E-state index contributed by atoms with van der Waals surface area (Å²) in [5, 5.41) is 3.25. The zero-order valence-electron chi connectivity index (χ0n) is 12.7. The van der Waals surface area contributed by atoms with Crippen LogP contribution in [0.3, 0.4) is 0 Å². The highest BCUT2D eigenvalue weighted by atomic mass is 79.9. The summed E-state index contributed by atoms with van der Waals surface area (Å²) in [5.74, 6) is -0.625. The molecule has 0 aliphatic carbocycles. The average molecular weight is 409 g/mol. The lowest BCUT2D eigenvalue weighted by atomic mass is 10.1. The Balaban J connectivity index is 1.63. The Labute approximate surface area is 153 Å². The molecule has 124 valence electrons. The summed E-state index contributed by atoms with van der Waals surface area (Å²) in [7, 11) is 0. The van der Waals surface area contributed by atoms with Crippen LogP contribution >= 0.6 is 27.5 Å². The molecule has 1 fully saturated rings. The van der Waals surface area contributed by atoms with Crippen molar-refractivity contribution in [3.63, 3.8) is 0 Å². The van der Waals surface area contributed by atoms with Gasteiger partial charge in [0.15, 0.2) is 0 Å². The molecule has 2 aromatic rings. The van der Waals surface area contributed by atoms with Crippen molar-refractivity contribution >= 4 is 45.0 Å². The predicted octanol–water partition coefficient (Wildman–Crippen LogP) is 3.48. The molecule has 1 aliphatic heterocycles. The van der Waals surface area contributed by atoms with Crippen LogP contribution in [0, 0.1) is 5.92 Å². The smallest absolute Gasteiger partial charge is 0.229 e. The third kappa shape index (κ3) is 3.94. The number of halogens is 2. The van der Waals surface area contributed by atoms with Crippen molar-refractivity contribution in [3.05, 3.63) is 57.8 Å². The molecule has 2 heterocycles. The maximum absolute atomic E-state index is 12.4. The normalized spacial score (nSPS) is 17.2. The minimum absolute atomic E-state index is 0.0392. The maximum Gasteiger partial charge on any atom is 0.229 e. The van der Waals surface area contributed by atoms with E-state index in [1.54, 1.807) is 29.3 Å². The van der Waals surface area contributed by atoms with Crippen molar-refractivity contribution in [2.24, 2.45) is 5.92 Å². The Morgan fingerprint density at radius 2 is 2.21 bits per heavy atom. The predicted molar refractivity (Wildman–Crippen MR) is 95.5 cm³/mol. The molecule has 1 aromatic heterocycles. The van der Waals surface area contributed by atoms with Gasteiger partial charge in [0.1, 0.15) is 0 Å². The number of carbonyl (C=O) groups is 2. The van der Waals surface area contributed by atoms with Gasteiger partial charge in [0.25, 0.3) is 0 Å². The first kappa shape index (κ1) is 16.9. The molecule has 3 rings (SSSR count). The molecule has 1 unspecified atom stereocenters. The number of benzene rings is 1. The van der Waals surface area contributed by atoms with E-state index in [-0.39, 0.29) is 24.2 Å². The zero-order valence-corrected chi connectivity index (χ0v) is 15.0. The number of rotatable bonds is 4. The Bertz CT molecular complexity index is 770. The molecule has 1 N–H and O–H groups in total. The summed E-state index contributed by atoms with van der Waals surface area (Å²) >= 11 is 9.44. The van der Waals surface area contributed by atoms with Gasteiger partial charge in [0.2, 0.25) is 11.8 Å². The van der Waals surface area contributed by atoms with Gasteiger partial charge in [-0.25, -0.2) is 0 Å². The first-order valence-corrected chi connectivity index (χ1v) is 8.63. The molecule has 1 aromatic carbocycles. The average Bonchev–Trinajstić information content (AvgIpc) is 2.92. The minimum Gasteiger partial charge on any atom is -0.336 e. The molecular weight excluding hydrogens is 394 g/mol. The molecule has 0 spiro atoms. The third-order valence-corrected chi connectivity index (χ3v) is 4.66. The van der Waals surface area contributed by atoms with Gasteiger partial charge in [-0.3, -0.25) is 14.6 Å². The second kappa shape index (κ2) is 7.32. The van der Waals surface area contributed by atoms with E-state index >= 15 is 0 Å². The van der Waals surface area contributed by atoms with Crippen LogP contribution in [0.2, 0.25) is 5.02 Å². The molecule has 1 atom stereocenters. The highest BCUT2D eigenvalue weighted by Crippen LogP contribution is 2.27. The number of likely N-dealkylation sites (tertiary alicyclic amines) is 1. The number of hydrogen-bond donors (Lipinski definition) is 1. The van der Waals surface area contributed by atoms with Crippen molar-refractivity contribution in [1.82, 2.24) is 9.88 Å². The number of hydrogen-bond acceptors (Lipinski definition) is 3. The van der Waals surface area contributed by atoms with E-state index in [4.69, 9.17) is 11.6 Å². The highest BCUT2D eigenvalue weighted by molar-refractivity contribution is 9.10. The van der Waals surface area contributed by atoms with Crippen LogP contribution in [0.15, 0.2) is 47.1 Å². The molecule has 0 bridgehead atoms. The van der Waals surface area contributed by atoms with Crippen molar-refractivity contribution < 1.29 is 9.59 Å². The summed E-state index contributed by atoms with van der Waals surface area (Å²) in [6.45, 7) is 0.803. The van der Waals surface area contributed by atoms with Crippen LogP contribution in [0.4, 0.5) is 5.69 Å². The molecule has 2 amide bonds. The van der Waals surface area contributed by atoms with Crippen molar-refractivity contribution in [1.29, 1.82) is 0 Å².